The molecule has 1 spiro atoms. The summed E-state index contributed by atoms with van der Waals surface area (Å²) in [5.41, 5.74) is 2.01. The van der Waals surface area contributed by atoms with Crippen LogP contribution < -0.4 is 16.0 Å². The Labute approximate surface area is 186 Å². The summed E-state index contributed by atoms with van der Waals surface area (Å²) < 4.78 is 13.8. The van der Waals surface area contributed by atoms with Gasteiger partial charge in [-0.15, -0.1) is 0 Å². The van der Waals surface area contributed by atoms with E-state index in [1.807, 2.05) is 19.1 Å². The van der Waals surface area contributed by atoms with Crippen LogP contribution in [0, 0.1) is 12.7 Å². The molecule has 2 aromatic carbocycles. The van der Waals surface area contributed by atoms with Gasteiger partial charge in [0.25, 0.3) is 5.91 Å². The monoisotopic (exact) mass is 438 g/mol. The Morgan fingerprint density at radius 1 is 1.19 bits per heavy atom. The van der Waals surface area contributed by atoms with Crippen molar-refractivity contribution >= 4 is 23.4 Å². The molecule has 4 rings (SSSR count). The first-order valence-corrected chi connectivity index (χ1v) is 10.8. The first-order chi connectivity index (χ1) is 15.3. The van der Waals surface area contributed by atoms with Gasteiger partial charge in [-0.2, -0.15) is 0 Å². The van der Waals surface area contributed by atoms with Crippen LogP contribution >= 0.6 is 0 Å². The van der Waals surface area contributed by atoms with E-state index in [2.05, 4.69) is 16.0 Å². The van der Waals surface area contributed by atoms with Crippen molar-refractivity contribution in [3.05, 3.63) is 65.0 Å². The molecule has 2 aliphatic heterocycles. The number of aryl methyl sites for hydroxylation is 1. The smallest absolute Gasteiger partial charge is 0.255 e. The predicted molar refractivity (Wildman–Crippen MR) is 118 cm³/mol. The van der Waals surface area contributed by atoms with Crippen LogP contribution in [-0.2, 0) is 16.1 Å². The fourth-order valence-corrected chi connectivity index (χ4v) is 4.33. The van der Waals surface area contributed by atoms with Gasteiger partial charge in [-0.25, -0.2) is 4.39 Å². The van der Waals surface area contributed by atoms with Gasteiger partial charge in [0.1, 0.15) is 17.5 Å². The van der Waals surface area contributed by atoms with Gasteiger partial charge >= 0.3 is 0 Å². The molecule has 0 aliphatic carbocycles. The molecule has 8 heteroatoms. The first-order valence-electron chi connectivity index (χ1n) is 10.8. The Hall–Kier alpha value is -3.42. The summed E-state index contributed by atoms with van der Waals surface area (Å²) in [5, 5.41) is 9.19. The highest BCUT2D eigenvalue weighted by atomic mass is 19.1. The molecule has 7 nitrogen and oxygen atoms in total. The van der Waals surface area contributed by atoms with E-state index in [9.17, 15) is 18.8 Å². The molecule has 168 valence electrons. The van der Waals surface area contributed by atoms with Gasteiger partial charge in [0.2, 0.25) is 11.8 Å². The summed E-state index contributed by atoms with van der Waals surface area (Å²) in [6, 6.07) is 11.1. The molecule has 0 bridgehead atoms. The number of nitrogens with one attached hydrogen (secondary N) is 3. The lowest BCUT2D eigenvalue weighted by molar-refractivity contribution is -0.139. The zero-order valence-electron chi connectivity index (χ0n) is 18.2. The molecule has 2 heterocycles. The third kappa shape index (κ3) is 4.30. The van der Waals surface area contributed by atoms with Crippen molar-refractivity contribution in [2.75, 3.05) is 11.9 Å². The molecule has 0 unspecified atom stereocenters. The third-order valence-electron chi connectivity index (χ3n) is 6.27. The Morgan fingerprint density at radius 3 is 2.75 bits per heavy atom. The minimum absolute atomic E-state index is 0.0512. The number of fused-ring (bicyclic) bond motifs is 1. The largest absolute Gasteiger partial charge is 0.362 e. The number of amides is 3. The van der Waals surface area contributed by atoms with E-state index in [4.69, 9.17) is 0 Å². The molecular formula is C24H27FN4O3. The number of carbonyl (C=O) groups is 3. The standard InChI is InChI=1S/C24H27FN4O3/c1-15-7-8-18-20(13-15)27-24(28-23(18)32)10-9-21(30)29(12-11-24)16(2)22(31)26-14-17-5-3-4-6-19(17)25/h3-8,13,16,27H,9-12,14H2,1-2H3,(H,26,31)(H,28,32)/t16-,24-/m0/s1. The second-order valence-corrected chi connectivity index (χ2v) is 8.53. The number of rotatable bonds is 4. The predicted octanol–water partition coefficient (Wildman–Crippen LogP) is 2.70. The number of hydrogen-bond acceptors (Lipinski definition) is 4. The second kappa shape index (κ2) is 8.61. The van der Waals surface area contributed by atoms with Crippen molar-refractivity contribution in [1.82, 2.24) is 15.5 Å². The van der Waals surface area contributed by atoms with E-state index in [-0.39, 0.29) is 36.5 Å². The molecule has 3 amide bonds. The molecule has 2 aliphatic rings. The zero-order valence-corrected chi connectivity index (χ0v) is 18.2. The minimum atomic E-state index is -0.744. The number of hydrogen-bond donors (Lipinski definition) is 3. The van der Waals surface area contributed by atoms with Crippen LogP contribution in [0.15, 0.2) is 42.5 Å². The minimum Gasteiger partial charge on any atom is -0.362 e. The molecule has 3 N–H and O–H groups in total. The number of benzene rings is 2. The summed E-state index contributed by atoms with van der Waals surface area (Å²) in [6.07, 6.45) is 1.08. The molecule has 32 heavy (non-hydrogen) atoms. The van der Waals surface area contributed by atoms with Crippen molar-refractivity contribution in [2.45, 2.75) is 51.4 Å². The molecule has 2 aromatic rings. The Bertz CT molecular complexity index is 1070. The van der Waals surface area contributed by atoms with E-state index < -0.39 is 11.7 Å². The van der Waals surface area contributed by atoms with Crippen LogP contribution in [0.3, 0.4) is 0 Å². The number of halogens is 1. The van der Waals surface area contributed by atoms with Gasteiger partial charge in [0.05, 0.1) is 5.56 Å². The summed E-state index contributed by atoms with van der Waals surface area (Å²) in [4.78, 5) is 39.8. The molecular weight excluding hydrogens is 411 g/mol. The quantitative estimate of drug-likeness (QED) is 0.685. The maximum atomic E-state index is 13.8. The van der Waals surface area contributed by atoms with E-state index in [0.717, 1.165) is 11.3 Å². The van der Waals surface area contributed by atoms with Gasteiger partial charge in [0, 0.05) is 37.2 Å². The van der Waals surface area contributed by atoms with Gasteiger partial charge in [-0.3, -0.25) is 14.4 Å². The van der Waals surface area contributed by atoms with E-state index in [1.165, 1.54) is 11.0 Å². The van der Waals surface area contributed by atoms with Crippen molar-refractivity contribution in [1.29, 1.82) is 0 Å². The second-order valence-electron chi connectivity index (χ2n) is 8.53. The number of carbonyl (C=O) groups excluding carboxylic acids is 3. The van der Waals surface area contributed by atoms with Gasteiger partial charge in [0.15, 0.2) is 0 Å². The Morgan fingerprint density at radius 2 is 1.97 bits per heavy atom. The number of anilines is 1. The van der Waals surface area contributed by atoms with Gasteiger partial charge in [-0.1, -0.05) is 24.3 Å². The lowest BCUT2D eigenvalue weighted by Crippen LogP contribution is -2.58. The van der Waals surface area contributed by atoms with Crippen molar-refractivity contribution in [3.8, 4) is 0 Å². The summed E-state index contributed by atoms with van der Waals surface area (Å²) in [6.45, 7) is 3.98. The third-order valence-corrected chi connectivity index (χ3v) is 6.27. The van der Waals surface area contributed by atoms with Crippen LogP contribution in [0.4, 0.5) is 10.1 Å². The molecule has 0 radical (unpaired) electrons. The molecule has 0 aromatic heterocycles. The van der Waals surface area contributed by atoms with E-state index in [0.29, 0.717) is 30.5 Å². The fourth-order valence-electron chi connectivity index (χ4n) is 4.33. The van der Waals surface area contributed by atoms with Gasteiger partial charge < -0.3 is 20.9 Å². The van der Waals surface area contributed by atoms with Crippen LogP contribution in [0.25, 0.3) is 0 Å². The topological polar surface area (TPSA) is 90.5 Å². The van der Waals surface area contributed by atoms with Crippen molar-refractivity contribution in [3.63, 3.8) is 0 Å². The van der Waals surface area contributed by atoms with E-state index >= 15 is 0 Å². The Balaban J connectivity index is 1.44. The van der Waals surface area contributed by atoms with Crippen LogP contribution in [0.5, 0.6) is 0 Å². The number of likely N-dealkylation sites (tertiary alicyclic amines) is 1. The zero-order chi connectivity index (χ0) is 22.9. The highest BCUT2D eigenvalue weighted by Crippen LogP contribution is 2.32. The number of nitrogens with zero attached hydrogens (tertiary/aromatic N) is 1. The lowest BCUT2D eigenvalue weighted by Gasteiger charge is -2.40. The SMILES string of the molecule is Cc1ccc2c(c1)N[C@@]1(CCC(=O)N([C@@H](C)C(=O)NCc3ccccc3F)CC1)NC2=O. The summed E-state index contributed by atoms with van der Waals surface area (Å²) >= 11 is 0. The van der Waals surface area contributed by atoms with Crippen LogP contribution in [0.2, 0.25) is 0 Å². The summed E-state index contributed by atoms with van der Waals surface area (Å²) in [5.74, 6) is -1.06. The van der Waals surface area contributed by atoms with Gasteiger partial charge in [-0.05, 0) is 44.0 Å². The Kier molecular flexibility index (Phi) is 5.86. The van der Waals surface area contributed by atoms with E-state index in [1.54, 1.807) is 31.2 Å². The normalized spacial score (nSPS) is 21.3. The maximum absolute atomic E-state index is 13.8. The first kappa shape index (κ1) is 21.8. The van der Waals surface area contributed by atoms with Crippen LogP contribution in [-0.4, -0.2) is 40.9 Å². The molecule has 2 atom stereocenters. The van der Waals surface area contributed by atoms with Crippen molar-refractivity contribution < 1.29 is 18.8 Å². The van der Waals surface area contributed by atoms with Crippen molar-refractivity contribution in [2.24, 2.45) is 0 Å². The average molecular weight is 439 g/mol. The molecule has 1 fully saturated rings. The molecule has 1 saturated heterocycles. The molecule has 0 saturated carbocycles. The summed E-state index contributed by atoms with van der Waals surface area (Å²) in [7, 11) is 0. The highest BCUT2D eigenvalue weighted by Gasteiger charge is 2.41. The highest BCUT2D eigenvalue weighted by molar-refractivity contribution is 6.02. The van der Waals surface area contributed by atoms with Crippen LogP contribution in [0.1, 0.15) is 47.7 Å². The average Bonchev–Trinajstić information content (AvgIpc) is 2.91. The lowest BCUT2D eigenvalue weighted by atomic mass is 9.94. The fraction of sp³-hybridized carbons (Fsp3) is 0.375. The maximum Gasteiger partial charge on any atom is 0.255 e.